The van der Waals surface area contributed by atoms with E-state index in [1.807, 2.05) is 0 Å². The molecule has 0 bridgehead atoms. The Morgan fingerprint density at radius 3 is 2.50 bits per heavy atom. The topological polar surface area (TPSA) is 84.5 Å². The van der Waals surface area contributed by atoms with E-state index in [-0.39, 0.29) is 16.8 Å². The number of sulfonamides is 1. The van der Waals surface area contributed by atoms with Gasteiger partial charge in [0.15, 0.2) is 6.10 Å². The lowest BCUT2D eigenvalue weighted by atomic mass is 9.97. The second-order valence-electron chi connectivity index (χ2n) is 6.57. The maximum Gasteiger partial charge on any atom is 0.265 e. The molecule has 1 atom stereocenters. The molecule has 7 heteroatoms. The second-order valence-corrected chi connectivity index (χ2v) is 8.28. The Kier molecular flexibility index (Phi) is 5.10. The molecule has 1 heterocycles. The van der Waals surface area contributed by atoms with Gasteiger partial charge >= 0.3 is 0 Å². The second kappa shape index (κ2) is 7.11. The normalized spacial score (nSPS) is 22.7. The van der Waals surface area contributed by atoms with Crippen molar-refractivity contribution >= 4 is 21.6 Å². The van der Waals surface area contributed by atoms with Crippen LogP contribution >= 0.6 is 0 Å². The summed E-state index contributed by atoms with van der Waals surface area (Å²) in [5.74, 6) is 0.219. The van der Waals surface area contributed by atoms with E-state index in [2.05, 4.69) is 10.0 Å². The number of benzene rings is 1. The molecule has 3 rings (SSSR count). The van der Waals surface area contributed by atoms with Gasteiger partial charge in [0.25, 0.3) is 5.91 Å². The smallest absolute Gasteiger partial charge is 0.265 e. The molecule has 1 aliphatic carbocycles. The summed E-state index contributed by atoms with van der Waals surface area (Å²) in [4.78, 5) is 11.9. The molecule has 1 unspecified atom stereocenters. The Morgan fingerprint density at radius 1 is 1.12 bits per heavy atom. The van der Waals surface area contributed by atoms with Crippen LogP contribution in [0.5, 0.6) is 5.75 Å². The summed E-state index contributed by atoms with van der Waals surface area (Å²) < 4.78 is 33.6. The Labute approximate surface area is 143 Å². The van der Waals surface area contributed by atoms with Crippen molar-refractivity contribution in [2.24, 2.45) is 0 Å². The van der Waals surface area contributed by atoms with Crippen molar-refractivity contribution in [2.45, 2.75) is 68.9 Å². The minimum atomic E-state index is -3.61. The molecule has 1 aliphatic heterocycles. The first-order valence-electron chi connectivity index (χ1n) is 8.59. The van der Waals surface area contributed by atoms with E-state index < -0.39 is 16.1 Å². The van der Waals surface area contributed by atoms with Crippen molar-refractivity contribution in [3.63, 3.8) is 0 Å². The van der Waals surface area contributed by atoms with Gasteiger partial charge in [0, 0.05) is 6.04 Å². The van der Waals surface area contributed by atoms with Gasteiger partial charge in [-0.1, -0.05) is 32.1 Å². The van der Waals surface area contributed by atoms with E-state index in [1.54, 1.807) is 13.0 Å². The first-order chi connectivity index (χ1) is 11.5. The maximum atomic E-state index is 12.7. The van der Waals surface area contributed by atoms with Crippen LogP contribution in [0.25, 0.3) is 0 Å². The summed E-state index contributed by atoms with van der Waals surface area (Å²) in [6, 6.07) is 4.56. The summed E-state index contributed by atoms with van der Waals surface area (Å²) in [6.45, 7) is 1.65. The Morgan fingerprint density at radius 2 is 1.79 bits per heavy atom. The molecule has 0 aromatic heterocycles. The summed E-state index contributed by atoms with van der Waals surface area (Å²) in [6.07, 6.45) is 6.86. The van der Waals surface area contributed by atoms with Crippen molar-refractivity contribution < 1.29 is 17.9 Å². The Balaban J connectivity index is 1.77. The summed E-state index contributed by atoms with van der Waals surface area (Å²) in [5, 5.41) is 2.69. The quantitative estimate of drug-likeness (QED) is 0.876. The van der Waals surface area contributed by atoms with Gasteiger partial charge in [-0.15, -0.1) is 0 Å². The highest BCUT2D eigenvalue weighted by Gasteiger charge is 2.26. The number of carbonyl (C=O) groups excluding carboxylic acids is 1. The minimum absolute atomic E-state index is 0.0165. The molecule has 6 nitrogen and oxygen atoms in total. The lowest BCUT2D eigenvalue weighted by Crippen LogP contribution is -2.36. The minimum Gasteiger partial charge on any atom is -0.479 e. The predicted molar refractivity (Wildman–Crippen MR) is 91.6 cm³/mol. The fraction of sp³-hybridized carbons (Fsp3) is 0.588. The molecule has 1 saturated carbocycles. The highest BCUT2D eigenvalue weighted by molar-refractivity contribution is 7.89. The summed E-state index contributed by atoms with van der Waals surface area (Å²) in [5.41, 5.74) is 0.402. The zero-order valence-corrected chi connectivity index (χ0v) is 14.7. The number of anilines is 1. The number of carbonyl (C=O) groups is 1. The van der Waals surface area contributed by atoms with Crippen molar-refractivity contribution in [3.05, 3.63) is 18.2 Å². The van der Waals surface area contributed by atoms with Gasteiger partial charge in [0.05, 0.1) is 10.6 Å². The molecule has 1 amide bonds. The predicted octanol–water partition coefficient (Wildman–Crippen LogP) is 2.80. The van der Waals surface area contributed by atoms with Crippen molar-refractivity contribution in [3.8, 4) is 5.75 Å². The van der Waals surface area contributed by atoms with Gasteiger partial charge < -0.3 is 10.1 Å². The Bertz CT molecular complexity index is 709. The number of rotatable bonds is 3. The molecule has 2 aliphatic rings. The first kappa shape index (κ1) is 17.2. The lowest BCUT2D eigenvalue weighted by Gasteiger charge is -2.24. The van der Waals surface area contributed by atoms with Crippen LogP contribution in [-0.2, 0) is 14.8 Å². The van der Waals surface area contributed by atoms with Crippen LogP contribution in [0.4, 0.5) is 5.69 Å². The molecule has 0 saturated heterocycles. The third-order valence-corrected chi connectivity index (χ3v) is 6.14. The Hall–Kier alpha value is -1.60. The van der Waals surface area contributed by atoms with Gasteiger partial charge in [0.1, 0.15) is 5.75 Å². The summed E-state index contributed by atoms with van der Waals surface area (Å²) >= 11 is 0. The molecule has 24 heavy (non-hydrogen) atoms. The standard InChI is InChI=1S/C17H24N2O4S/c1-12-17(20)18-15-11-14(9-10-16(15)23-12)24(21,22)19-13-7-5-3-2-4-6-8-13/h9-13,19H,2-8H2,1H3,(H,18,20). The van der Waals surface area contributed by atoms with E-state index in [1.165, 1.54) is 31.4 Å². The highest BCUT2D eigenvalue weighted by Crippen LogP contribution is 2.32. The lowest BCUT2D eigenvalue weighted by molar-refractivity contribution is -0.122. The fourth-order valence-corrected chi connectivity index (χ4v) is 4.55. The van der Waals surface area contributed by atoms with Gasteiger partial charge in [-0.25, -0.2) is 13.1 Å². The van der Waals surface area contributed by atoms with Crippen LogP contribution in [-0.4, -0.2) is 26.5 Å². The van der Waals surface area contributed by atoms with Crippen molar-refractivity contribution in [2.75, 3.05) is 5.32 Å². The van der Waals surface area contributed by atoms with Crippen molar-refractivity contribution in [1.82, 2.24) is 4.72 Å². The number of nitrogens with one attached hydrogen (secondary N) is 2. The molecule has 132 valence electrons. The van der Waals surface area contributed by atoms with Crippen LogP contribution in [0.1, 0.15) is 51.9 Å². The van der Waals surface area contributed by atoms with E-state index >= 15 is 0 Å². The molecule has 1 fully saturated rings. The molecular formula is C17H24N2O4S. The monoisotopic (exact) mass is 352 g/mol. The number of fused-ring (bicyclic) bond motifs is 1. The fourth-order valence-electron chi connectivity index (χ4n) is 3.22. The average molecular weight is 352 g/mol. The van der Waals surface area contributed by atoms with Crippen LogP contribution in [0.3, 0.4) is 0 Å². The number of hydrogen-bond acceptors (Lipinski definition) is 4. The number of amides is 1. The zero-order valence-electron chi connectivity index (χ0n) is 13.9. The molecule has 0 radical (unpaired) electrons. The number of ether oxygens (including phenoxy) is 1. The maximum absolute atomic E-state index is 12.7. The van der Waals surface area contributed by atoms with Gasteiger partial charge in [-0.3, -0.25) is 4.79 Å². The average Bonchev–Trinajstić information content (AvgIpc) is 2.50. The van der Waals surface area contributed by atoms with E-state index in [0.29, 0.717) is 11.4 Å². The zero-order chi connectivity index (χ0) is 17.2. The third-order valence-electron chi connectivity index (χ3n) is 4.62. The van der Waals surface area contributed by atoms with Crippen LogP contribution in [0, 0.1) is 0 Å². The number of hydrogen-bond donors (Lipinski definition) is 2. The van der Waals surface area contributed by atoms with Gasteiger partial charge in [-0.05, 0) is 38.0 Å². The van der Waals surface area contributed by atoms with Crippen LogP contribution in [0.2, 0.25) is 0 Å². The first-order valence-corrected chi connectivity index (χ1v) is 10.1. The third kappa shape index (κ3) is 3.89. The highest BCUT2D eigenvalue weighted by atomic mass is 32.2. The molecule has 1 aromatic rings. The van der Waals surface area contributed by atoms with E-state index in [4.69, 9.17) is 4.74 Å². The van der Waals surface area contributed by atoms with E-state index in [9.17, 15) is 13.2 Å². The van der Waals surface area contributed by atoms with Crippen LogP contribution in [0.15, 0.2) is 23.1 Å². The van der Waals surface area contributed by atoms with E-state index in [0.717, 1.165) is 25.7 Å². The van der Waals surface area contributed by atoms with Crippen molar-refractivity contribution in [1.29, 1.82) is 0 Å². The molecular weight excluding hydrogens is 328 g/mol. The summed E-state index contributed by atoms with van der Waals surface area (Å²) in [7, 11) is -3.61. The largest absolute Gasteiger partial charge is 0.479 e. The van der Waals surface area contributed by atoms with Gasteiger partial charge in [-0.2, -0.15) is 0 Å². The van der Waals surface area contributed by atoms with Gasteiger partial charge in [0.2, 0.25) is 10.0 Å². The molecule has 2 N–H and O–H groups in total. The van der Waals surface area contributed by atoms with Crippen LogP contribution < -0.4 is 14.8 Å². The molecule has 1 aromatic carbocycles. The molecule has 0 spiro atoms. The SMILES string of the molecule is CC1Oc2ccc(S(=O)(=O)NC3CCCCCCC3)cc2NC1=O.